The highest BCUT2D eigenvalue weighted by Gasteiger charge is 2.29. The molecule has 9 heteroatoms. The van der Waals surface area contributed by atoms with Crippen LogP contribution in [0.1, 0.15) is 31.3 Å². The Hall–Kier alpha value is -1.41. The van der Waals surface area contributed by atoms with Crippen LogP contribution in [0.3, 0.4) is 0 Å². The molecule has 2 heterocycles. The van der Waals surface area contributed by atoms with Crippen LogP contribution in [-0.2, 0) is 10.0 Å². The molecule has 1 aliphatic rings. The number of piperazine rings is 1. The van der Waals surface area contributed by atoms with Crippen molar-refractivity contribution in [1.82, 2.24) is 14.3 Å². The van der Waals surface area contributed by atoms with E-state index in [0.717, 1.165) is 17.3 Å². The smallest absolute Gasteiger partial charge is 0.243 e. The van der Waals surface area contributed by atoms with Crippen LogP contribution < -0.4 is 4.90 Å². The van der Waals surface area contributed by atoms with Crippen molar-refractivity contribution in [3.05, 3.63) is 45.8 Å². The predicted octanol–water partition coefficient (Wildman–Crippen LogP) is 3.73. The quantitative estimate of drug-likeness (QED) is 0.741. The van der Waals surface area contributed by atoms with Gasteiger partial charge in [-0.05, 0) is 25.1 Å². The molecule has 0 atom stereocenters. The number of sulfonamides is 1. The summed E-state index contributed by atoms with van der Waals surface area (Å²) < 4.78 is 27.3. The summed E-state index contributed by atoms with van der Waals surface area (Å²) in [6.45, 7) is 7.90. The number of nitrogens with zero attached hydrogens (tertiary/aromatic N) is 4. The van der Waals surface area contributed by atoms with Gasteiger partial charge in [0.25, 0.3) is 0 Å². The van der Waals surface area contributed by atoms with E-state index in [1.165, 1.54) is 22.5 Å². The van der Waals surface area contributed by atoms with E-state index in [1.807, 2.05) is 13.0 Å². The number of halogens is 2. The van der Waals surface area contributed by atoms with Crippen molar-refractivity contribution in [2.75, 3.05) is 31.1 Å². The highest BCUT2D eigenvalue weighted by atomic mass is 35.5. The maximum atomic E-state index is 12.9. The Morgan fingerprint density at radius 1 is 0.963 bits per heavy atom. The minimum Gasteiger partial charge on any atom is -0.354 e. The van der Waals surface area contributed by atoms with E-state index in [2.05, 4.69) is 28.7 Å². The van der Waals surface area contributed by atoms with Crippen LogP contribution in [0.4, 0.5) is 5.82 Å². The molecule has 1 aromatic heterocycles. The largest absolute Gasteiger partial charge is 0.354 e. The van der Waals surface area contributed by atoms with Crippen molar-refractivity contribution in [2.24, 2.45) is 0 Å². The zero-order valence-electron chi connectivity index (χ0n) is 15.5. The fourth-order valence-corrected chi connectivity index (χ4v) is 5.13. The first-order valence-electron chi connectivity index (χ1n) is 8.73. The van der Waals surface area contributed by atoms with E-state index < -0.39 is 10.0 Å². The molecule has 27 heavy (non-hydrogen) atoms. The Morgan fingerprint density at radius 3 is 2.11 bits per heavy atom. The first-order chi connectivity index (χ1) is 12.7. The van der Waals surface area contributed by atoms with Crippen molar-refractivity contribution < 1.29 is 8.42 Å². The lowest BCUT2D eigenvalue weighted by Crippen LogP contribution is -2.49. The van der Waals surface area contributed by atoms with Crippen LogP contribution in [0.5, 0.6) is 0 Å². The van der Waals surface area contributed by atoms with Gasteiger partial charge in [0.2, 0.25) is 10.0 Å². The summed E-state index contributed by atoms with van der Waals surface area (Å²) in [6.07, 6.45) is 0. The number of anilines is 1. The monoisotopic (exact) mass is 428 g/mol. The SMILES string of the molecule is Cc1cc(N2CCN(S(=O)(=O)c3cc(Cl)cc(Cl)c3)CC2)nc(C(C)C)n1. The number of aromatic nitrogens is 2. The number of aryl methyl sites for hydroxylation is 1. The molecule has 0 radical (unpaired) electrons. The van der Waals surface area contributed by atoms with Crippen molar-refractivity contribution in [1.29, 1.82) is 0 Å². The van der Waals surface area contributed by atoms with Crippen molar-refractivity contribution in [3.8, 4) is 0 Å². The minimum atomic E-state index is -3.64. The molecule has 6 nitrogen and oxygen atoms in total. The zero-order chi connectivity index (χ0) is 19.8. The fourth-order valence-electron chi connectivity index (χ4n) is 2.98. The standard InChI is InChI=1S/C18H22Cl2N4O2S/c1-12(2)18-21-13(3)8-17(22-18)23-4-6-24(7-5-23)27(25,26)16-10-14(19)9-15(20)11-16/h8-12H,4-7H2,1-3H3. The van der Waals surface area contributed by atoms with Crippen molar-refractivity contribution >= 4 is 39.0 Å². The average Bonchev–Trinajstić information content (AvgIpc) is 2.60. The van der Waals surface area contributed by atoms with Gasteiger partial charge in [-0.2, -0.15) is 4.31 Å². The van der Waals surface area contributed by atoms with Gasteiger partial charge >= 0.3 is 0 Å². The highest BCUT2D eigenvalue weighted by Crippen LogP contribution is 2.26. The lowest BCUT2D eigenvalue weighted by molar-refractivity contribution is 0.383. The molecule has 1 aromatic carbocycles. The van der Waals surface area contributed by atoms with Crippen LogP contribution in [0.2, 0.25) is 10.0 Å². The first-order valence-corrected chi connectivity index (χ1v) is 10.9. The van der Waals surface area contributed by atoms with Crippen molar-refractivity contribution in [2.45, 2.75) is 31.6 Å². The second-order valence-corrected chi connectivity index (χ2v) is 9.69. The summed E-state index contributed by atoms with van der Waals surface area (Å²) in [4.78, 5) is 11.3. The maximum absolute atomic E-state index is 12.9. The molecule has 146 valence electrons. The average molecular weight is 429 g/mol. The zero-order valence-corrected chi connectivity index (χ0v) is 17.8. The van der Waals surface area contributed by atoms with Gasteiger partial charge in [-0.25, -0.2) is 18.4 Å². The topological polar surface area (TPSA) is 66.4 Å². The van der Waals surface area contributed by atoms with E-state index in [9.17, 15) is 8.42 Å². The Balaban J connectivity index is 1.77. The van der Waals surface area contributed by atoms with Gasteiger partial charge in [0.1, 0.15) is 11.6 Å². The number of hydrogen-bond acceptors (Lipinski definition) is 5. The summed E-state index contributed by atoms with van der Waals surface area (Å²) in [5.74, 6) is 1.88. The molecule has 1 aliphatic heterocycles. The Morgan fingerprint density at radius 2 is 1.56 bits per heavy atom. The fraction of sp³-hybridized carbons (Fsp3) is 0.444. The van der Waals surface area contributed by atoms with Crippen LogP contribution in [0.25, 0.3) is 0 Å². The van der Waals surface area contributed by atoms with Gasteiger partial charge in [0.15, 0.2) is 0 Å². The Kier molecular flexibility index (Phi) is 5.96. The Labute approximate surface area is 170 Å². The van der Waals surface area contributed by atoms with E-state index >= 15 is 0 Å². The normalized spacial score (nSPS) is 16.1. The molecule has 0 spiro atoms. The third-order valence-electron chi connectivity index (χ3n) is 4.41. The van der Waals surface area contributed by atoms with Crippen LogP contribution in [-0.4, -0.2) is 48.9 Å². The molecule has 0 aliphatic carbocycles. The van der Waals surface area contributed by atoms with E-state index in [-0.39, 0.29) is 10.8 Å². The number of hydrogen-bond donors (Lipinski definition) is 0. The maximum Gasteiger partial charge on any atom is 0.243 e. The molecular weight excluding hydrogens is 407 g/mol. The molecule has 0 unspecified atom stereocenters. The molecule has 0 saturated carbocycles. The molecule has 2 aromatic rings. The van der Waals surface area contributed by atoms with Gasteiger partial charge in [-0.15, -0.1) is 0 Å². The molecular formula is C18H22Cl2N4O2S. The summed E-state index contributed by atoms with van der Waals surface area (Å²) in [6, 6.07) is 6.31. The van der Waals surface area contributed by atoms with Crippen LogP contribution >= 0.6 is 23.2 Å². The summed E-state index contributed by atoms with van der Waals surface area (Å²) >= 11 is 11.9. The van der Waals surface area contributed by atoms with Gasteiger partial charge in [-0.1, -0.05) is 37.0 Å². The third kappa shape index (κ3) is 4.54. The number of rotatable bonds is 4. The van der Waals surface area contributed by atoms with Gasteiger partial charge < -0.3 is 4.90 Å². The van der Waals surface area contributed by atoms with Gasteiger partial charge in [0, 0.05) is 53.9 Å². The van der Waals surface area contributed by atoms with Crippen LogP contribution in [0, 0.1) is 6.92 Å². The van der Waals surface area contributed by atoms with E-state index in [4.69, 9.17) is 23.2 Å². The molecule has 0 N–H and O–H groups in total. The summed E-state index contributed by atoms with van der Waals surface area (Å²) in [5, 5.41) is 0.606. The van der Waals surface area contributed by atoms with Crippen LogP contribution in [0.15, 0.2) is 29.2 Å². The van der Waals surface area contributed by atoms with Gasteiger partial charge in [-0.3, -0.25) is 0 Å². The first kappa shape index (κ1) is 20.3. The molecule has 3 rings (SSSR count). The summed E-state index contributed by atoms with van der Waals surface area (Å²) in [7, 11) is -3.64. The molecule has 0 bridgehead atoms. The molecule has 1 fully saturated rings. The van der Waals surface area contributed by atoms with Gasteiger partial charge in [0.05, 0.1) is 4.90 Å². The van der Waals surface area contributed by atoms with E-state index in [1.54, 1.807) is 0 Å². The van der Waals surface area contributed by atoms with Crippen molar-refractivity contribution in [3.63, 3.8) is 0 Å². The van der Waals surface area contributed by atoms with E-state index in [0.29, 0.717) is 36.2 Å². The minimum absolute atomic E-state index is 0.119. The number of benzene rings is 1. The lowest BCUT2D eigenvalue weighted by Gasteiger charge is -2.35. The third-order valence-corrected chi connectivity index (χ3v) is 6.72. The Bertz CT molecular complexity index is 922. The molecule has 0 amide bonds. The molecule has 1 saturated heterocycles. The summed E-state index contributed by atoms with van der Waals surface area (Å²) in [5.41, 5.74) is 0.910. The lowest BCUT2D eigenvalue weighted by atomic mass is 10.2. The highest BCUT2D eigenvalue weighted by molar-refractivity contribution is 7.89. The predicted molar refractivity (Wildman–Crippen MR) is 108 cm³/mol. The second-order valence-electron chi connectivity index (χ2n) is 6.88. The second kappa shape index (κ2) is 7.91.